The second-order valence-corrected chi connectivity index (χ2v) is 6.34. The van der Waals surface area contributed by atoms with Gasteiger partial charge in [-0.1, -0.05) is 12.1 Å². The number of amides is 1. The molecular formula is C22H22FNO3. The summed E-state index contributed by atoms with van der Waals surface area (Å²) in [5, 5.41) is 2.92. The summed E-state index contributed by atoms with van der Waals surface area (Å²) in [4.78, 5) is 12.2. The highest BCUT2D eigenvalue weighted by Gasteiger charge is 2.11. The van der Waals surface area contributed by atoms with Gasteiger partial charge >= 0.3 is 0 Å². The lowest BCUT2D eigenvalue weighted by atomic mass is 10.1. The standard InChI is InChI=1S/C22H22FNO3/c1-15(16-3-7-18(23)8-4-16)24-22(25)14-12-20-11-13-21(27-20)17-5-9-19(26-2)10-6-17/h3-11,13,15H,12,14H2,1-2H3,(H,24,25)/t15-/m1/s1. The van der Waals surface area contributed by atoms with Crippen molar-refractivity contribution in [3.8, 4) is 17.1 Å². The molecule has 1 aromatic heterocycles. The fourth-order valence-corrected chi connectivity index (χ4v) is 2.81. The van der Waals surface area contributed by atoms with Gasteiger partial charge in [0.15, 0.2) is 0 Å². The number of benzene rings is 2. The number of methoxy groups -OCH3 is 1. The Balaban J connectivity index is 1.53. The van der Waals surface area contributed by atoms with Crippen LogP contribution in [0.4, 0.5) is 4.39 Å². The lowest BCUT2D eigenvalue weighted by Gasteiger charge is -2.14. The van der Waals surface area contributed by atoms with E-state index >= 15 is 0 Å². The van der Waals surface area contributed by atoms with Gasteiger partial charge in [0, 0.05) is 18.4 Å². The van der Waals surface area contributed by atoms with Crippen LogP contribution in [0.25, 0.3) is 11.3 Å². The van der Waals surface area contributed by atoms with Crippen molar-refractivity contribution in [3.63, 3.8) is 0 Å². The molecule has 0 aliphatic carbocycles. The molecule has 0 saturated carbocycles. The normalized spacial score (nSPS) is 11.8. The average molecular weight is 367 g/mol. The summed E-state index contributed by atoms with van der Waals surface area (Å²) >= 11 is 0. The molecule has 3 aromatic rings. The molecule has 0 aliphatic heterocycles. The van der Waals surface area contributed by atoms with E-state index in [1.54, 1.807) is 19.2 Å². The minimum atomic E-state index is -0.289. The first kappa shape index (κ1) is 18.7. The largest absolute Gasteiger partial charge is 0.497 e. The fraction of sp³-hybridized carbons (Fsp3) is 0.227. The smallest absolute Gasteiger partial charge is 0.220 e. The lowest BCUT2D eigenvalue weighted by molar-refractivity contribution is -0.121. The number of aryl methyl sites for hydroxylation is 1. The van der Waals surface area contributed by atoms with Gasteiger partial charge in [-0.2, -0.15) is 0 Å². The molecule has 0 spiro atoms. The Morgan fingerprint density at radius 2 is 1.78 bits per heavy atom. The summed E-state index contributed by atoms with van der Waals surface area (Å²) in [6.45, 7) is 1.87. The summed E-state index contributed by atoms with van der Waals surface area (Å²) in [5.74, 6) is 1.94. The highest BCUT2D eigenvalue weighted by atomic mass is 19.1. The zero-order valence-corrected chi connectivity index (χ0v) is 15.4. The van der Waals surface area contributed by atoms with E-state index in [9.17, 15) is 9.18 Å². The van der Waals surface area contributed by atoms with E-state index < -0.39 is 0 Å². The van der Waals surface area contributed by atoms with E-state index in [0.717, 1.165) is 28.4 Å². The van der Waals surface area contributed by atoms with Crippen molar-refractivity contribution in [3.05, 3.63) is 77.8 Å². The Bertz CT molecular complexity index is 885. The summed E-state index contributed by atoms with van der Waals surface area (Å²) < 4.78 is 24.0. The Kier molecular flexibility index (Phi) is 5.91. The van der Waals surface area contributed by atoms with Crippen molar-refractivity contribution in [1.29, 1.82) is 0 Å². The van der Waals surface area contributed by atoms with Crippen molar-refractivity contribution >= 4 is 5.91 Å². The Morgan fingerprint density at radius 3 is 2.44 bits per heavy atom. The topological polar surface area (TPSA) is 51.5 Å². The summed E-state index contributed by atoms with van der Waals surface area (Å²) in [7, 11) is 1.63. The molecule has 0 saturated heterocycles. The van der Waals surface area contributed by atoms with Crippen molar-refractivity contribution in [1.82, 2.24) is 5.32 Å². The van der Waals surface area contributed by atoms with Crippen LogP contribution in [0.5, 0.6) is 5.75 Å². The second-order valence-electron chi connectivity index (χ2n) is 6.34. The first-order valence-electron chi connectivity index (χ1n) is 8.83. The number of hydrogen-bond donors (Lipinski definition) is 1. The number of furan rings is 1. The van der Waals surface area contributed by atoms with Crippen LogP contribution in [-0.4, -0.2) is 13.0 Å². The monoisotopic (exact) mass is 367 g/mol. The molecule has 0 bridgehead atoms. The number of carbonyl (C=O) groups excluding carboxylic acids is 1. The van der Waals surface area contributed by atoms with E-state index in [1.807, 2.05) is 43.3 Å². The van der Waals surface area contributed by atoms with Crippen LogP contribution in [0.2, 0.25) is 0 Å². The Morgan fingerprint density at radius 1 is 1.07 bits per heavy atom. The zero-order valence-electron chi connectivity index (χ0n) is 15.4. The van der Waals surface area contributed by atoms with Crippen molar-refractivity contribution < 1.29 is 18.3 Å². The molecule has 27 heavy (non-hydrogen) atoms. The minimum Gasteiger partial charge on any atom is -0.497 e. The van der Waals surface area contributed by atoms with Gasteiger partial charge in [-0.05, 0) is 61.0 Å². The van der Waals surface area contributed by atoms with Gasteiger partial charge in [-0.15, -0.1) is 0 Å². The van der Waals surface area contributed by atoms with Gasteiger partial charge in [0.25, 0.3) is 0 Å². The summed E-state index contributed by atoms with van der Waals surface area (Å²) in [5.41, 5.74) is 1.82. The summed E-state index contributed by atoms with van der Waals surface area (Å²) in [6.07, 6.45) is 0.833. The molecule has 1 heterocycles. The van der Waals surface area contributed by atoms with Crippen LogP contribution in [0, 0.1) is 5.82 Å². The van der Waals surface area contributed by atoms with Crippen molar-refractivity contribution in [2.75, 3.05) is 7.11 Å². The predicted octanol–water partition coefficient (Wildman–Crippen LogP) is 4.90. The molecule has 0 radical (unpaired) electrons. The van der Waals surface area contributed by atoms with Gasteiger partial charge in [-0.25, -0.2) is 4.39 Å². The number of rotatable bonds is 7. The molecule has 1 amide bonds. The van der Waals surface area contributed by atoms with Crippen molar-refractivity contribution in [2.45, 2.75) is 25.8 Å². The number of ether oxygens (including phenoxy) is 1. The van der Waals surface area contributed by atoms with Gasteiger partial charge in [0.1, 0.15) is 23.1 Å². The van der Waals surface area contributed by atoms with Gasteiger partial charge in [0.2, 0.25) is 5.91 Å². The van der Waals surface area contributed by atoms with E-state index in [2.05, 4.69) is 5.32 Å². The van der Waals surface area contributed by atoms with E-state index in [0.29, 0.717) is 12.8 Å². The zero-order chi connectivity index (χ0) is 19.2. The molecular weight excluding hydrogens is 345 g/mol. The number of nitrogens with one attached hydrogen (secondary N) is 1. The van der Waals surface area contributed by atoms with Gasteiger partial charge in [0.05, 0.1) is 13.2 Å². The van der Waals surface area contributed by atoms with Crippen LogP contribution in [-0.2, 0) is 11.2 Å². The predicted molar refractivity (Wildman–Crippen MR) is 102 cm³/mol. The van der Waals surface area contributed by atoms with Crippen LogP contribution < -0.4 is 10.1 Å². The number of carbonyl (C=O) groups is 1. The highest BCUT2D eigenvalue weighted by Crippen LogP contribution is 2.25. The molecule has 4 nitrogen and oxygen atoms in total. The maximum absolute atomic E-state index is 13.0. The van der Waals surface area contributed by atoms with E-state index in [-0.39, 0.29) is 17.8 Å². The fourth-order valence-electron chi connectivity index (χ4n) is 2.81. The molecule has 1 N–H and O–H groups in total. The first-order valence-corrected chi connectivity index (χ1v) is 8.83. The molecule has 2 aromatic carbocycles. The Hall–Kier alpha value is -3.08. The van der Waals surface area contributed by atoms with Crippen LogP contribution in [0.15, 0.2) is 65.1 Å². The minimum absolute atomic E-state index is 0.0748. The molecule has 5 heteroatoms. The van der Waals surface area contributed by atoms with Crippen molar-refractivity contribution in [2.24, 2.45) is 0 Å². The third-order valence-corrected chi connectivity index (χ3v) is 4.38. The van der Waals surface area contributed by atoms with E-state index in [1.165, 1.54) is 12.1 Å². The highest BCUT2D eigenvalue weighted by molar-refractivity contribution is 5.76. The molecule has 1 atom stereocenters. The maximum atomic E-state index is 13.0. The maximum Gasteiger partial charge on any atom is 0.220 e. The molecule has 140 valence electrons. The molecule has 3 rings (SSSR count). The SMILES string of the molecule is COc1ccc(-c2ccc(CCC(=O)N[C@H](C)c3ccc(F)cc3)o2)cc1. The van der Waals surface area contributed by atoms with Crippen LogP contribution in [0.1, 0.15) is 30.7 Å². The molecule has 0 unspecified atom stereocenters. The van der Waals surface area contributed by atoms with Gasteiger partial charge < -0.3 is 14.5 Å². The molecule has 0 fully saturated rings. The van der Waals surface area contributed by atoms with Crippen LogP contribution >= 0.6 is 0 Å². The quantitative estimate of drug-likeness (QED) is 0.646. The van der Waals surface area contributed by atoms with Gasteiger partial charge in [-0.3, -0.25) is 4.79 Å². The third kappa shape index (κ3) is 4.97. The first-order chi connectivity index (χ1) is 13.0. The van der Waals surface area contributed by atoms with E-state index in [4.69, 9.17) is 9.15 Å². The Labute approximate surface area is 158 Å². The molecule has 0 aliphatic rings. The van der Waals surface area contributed by atoms with Crippen LogP contribution in [0.3, 0.4) is 0 Å². The number of hydrogen-bond acceptors (Lipinski definition) is 3. The second kappa shape index (κ2) is 8.54. The number of halogens is 1. The lowest BCUT2D eigenvalue weighted by Crippen LogP contribution is -2.26. The average Bonchev–Trinajstić information content (AvgIpc) is 3.16. The third-order valence-electron chi connectivity index (χ3n) is 4.38. The summed E-state index contributed by atoms with van der Waals surface area (Å²) in [6, 6.07) is 17.3.